The molecule has 0 amide bonds. The molecule has 21 heavy (non-hydrogen) atoms. The Labute approximate surface area is 125 Å². The van der Waals surface area contributed by atoms with E-state index < -0.39 is 17.9 Å². The number of hydrogen-bond donors (Lipinski definition) is 0. The van der Waals surface area contributed by atoms with E-state index in [-0.39, 0.29) is 12.5 Å². The fraction of sp³-hybridized carbons (Fsp3) is 0.529. The summed E-state index contributed by atoms with van der Waals surface area (Å²) in [6.07, 6.45) is 5.07. The second kappa shape index (κ2) is 7.81. The highest BCUT2D eigenvalue weighted by atomic mass is 16.5. The lowest BCUT2D eigenvalue weighted by Crippen LogP contribution is -2.35. The Morgan fingerprint density at radius 3 is 2.38 bits per heavy atom. The first-order valence-electron chi connectivity index (χ1n) is 7.50. The minimum Gasteiger partial charge on any atom is -0.468 e. The Hall–Kier alpha value is -1.84. The molecule has 114 valence electrons. The summed E-state index contributed by atoms with van der Waals surface area (Å²) in [5.74, 6) is -1.66. The monoisotopic (exact) mass is 290 g/mol. The van der Waals surface area contributed by atoms with Gasteiger partial charge < -0.3 is 9.47 Å². The van der Waals surface area contributed by atoms with Gasteiger partial charge in [0.25, 0.3) is 0 Å². The zero-order chi connectivity index (χ0) is 15.1. The molecule has 1 saturated carbocycles. The van der Waals surface area contributed by atoms with Gasteiger partial charge in [0.2, 0.25) is 0 Å². The van der Waals surface area contributed by atoms with Crippen LogP contribution in [-0.2, 0) is 25.7 Å². The Morgan fingerprint density at radius 2 is 1.76 bits per heavy atom. The zero-order valence-corrected chi connectivity index (χ0v) is 12.4. The second-order valence-electron chi connectivity index (χ2n) is 5.49. The van der Waals surface area contributed by atoms with Gasteiger partial charge in [-0.1, -0.05) is 49.6 Å². The predicted octanol–water partition coefficient (Wildman–Crippen LogP) is 3.10. The minimum absolute atomic E-state index is 0.0504. The van der Waals surface area contributed by atoms with Gasteiger partial charge in [0.15, 0.2) is 5.92 Å². The van der Waals surface area contributed by atoms with Gasteiger partial charge in [-0.25, -0.2) is 0 Å². The van der Waals surface area contributed by atoms with Crippen LogP contribution in [0, 0.1) is 11.8 Å². The van der Waals surface area contributed by atoms with Crippen LogP contribution in [0.15, 0.2) is 30.3 Å². The van der Waals surface area contributed by atoms with Crippen LogP contribution in [0.2, 0.25) is 0 Å². The molecule has 1 unspecified atom stereocenters. The van der Waals surface area contributed by atoms with Gasteiger partial charge >= 0.3 is 11.9 Å². The fourth-order valence-corrected chi connectivity index (χ4v) is 2.89. The molecule has 0 bridgehead atoms. The highest BCUT2D eigenvalue weighted by Gasteiger charge is 2.37. The van der Waals surface area contributed by atoms with Crippen LogP contribution in [0.1, 0.15) is 37.7 Å². The van der Waals surface area contributed by atoms with Crippen LogP contribution in [0.3, 0.4) is 0 Å². The van der Waals surface area contributed by atoms with Crippen molar-refractivity contribution in [2.45, 2.75) is 38.7 Å². The number of rotatable bonds is 5. The third-order valence-electron chi connectivity index (χ3n) is 4.05. The molecule has 1 atom stereocenters. The van der Waals surface area contributed by atoms with Gasteiger partial charge in [0.05, 0.1) is 7.11 Å². The van der Waals surface area contributed by atoms with Crippen molar-refractivity contribution < 1.29 is 19.1 Å². The van der Waals surface area contributed by atoms with E-state index in [2.05, 4.69) is 0 Å². The van der Waals surface area contributed by atoms with E-state index in [4.69, 9.17) is 9.47 Å². The number of carbonyl (C=O) groups excluding carboxylic acids is 2. The number of ether oxygens (including phenoxy) is 2. The summed E-state index contributed by atoms with van der Waals surface area (Å²) in [7, 11) is 1.32. The second-order valence-corrected chi connectivity index (χ2v) is 5.49. The van der Waals surface area contributed by atoms with Crippen molar-refractivity contribution >= 4 is 11.9 Å². The Kier molecular flexibility index (Phi) is 5.78. The molecular formula is C17H22O4. The standard InChI is InChI=1S/C17H22O4/c1-20-16(18)15(14-10-6-3-7-11-14)17(19)21-12-13-8-4-2-5-9-13/h2,4-5,8-9,14-15H,3,6-7,10-12H2,1H3. The van der Waals surface area contributed by atoms with E-state index in [0.717, 1.165) is 31.2 Å². The van der Waals surface area contributed by atoms with Gasteiger partial charge in [-0.15, -0.1) is 0 Å². The fourth-order valence-electron chi connectivity index (χ4n) is 2.89. The Morgan fingerprint density at radius 1 is 1.10 bits per heavy atom. The summed E-state index contributed by atoms with van der Waals surface area (Å²) in [6, 6.07) is 9.47. The number of esters is 2. The van der Waals surface area contributed by atoms with Crippen LogP contribution < -0.4 is 0 Å². The highest BCUT2D eigenvalue weighted by molar-refractivity contribution is 5.95. The van der Waals surface area contributed by atoms with E-state index in [1.54, 1.807) is 0 Å². The average Bonchev–Trinajstić information content (AvgIpc) is 2.55. The SMILES string of the molecule is COC(=O)C(C(=O)OCc1ccccc1)C1CCCCC1. The van der Waals surface area contributed by atoms with E-state index in [0.29, 0.717) is 0 Å². The average molecular weight is 290 g/mol. The topological polar surface area (TPSA) is 52.6 Å². The first-order valence-corrected chi connectivity index (χ1v) is 7.50. The molecule has 0 spiro atoms. The molecule has 0 heterocycles. The maximum Gasteiger partial charge on any atom is 0.320 e. The number of hydrogen-bond acceptors (Lipinski definition) is 4. The Bertz CT molecular complexity index is 463. The maximum absolute atomic E-state index is 12.3. The van der Waals surface area contributed by atoms with Crippen molar-refractivity contribution in [1.29, 1.82) is 0 Å². The summed E-state index contributed by atoms with van der Waals surface area (Å²) in [6.45, 7) is 0.194. The summed E-state index contributed by atoms with van der Waals surface area (Å²) in [4.78, 5) is 24.2. The van der Waals surface area contributed by atoms with Crippen molar-refractivity contribution in [2.24, 2.45) is 11.8 Å². The lowest BCUT2D eigenvalue weighted by Gasteiger charge is -2.27. The van der Waals surface area contributed by atoms with Gasteiger partial charge in [0, 0.05) is 0 Å². The normalized spacial score (nSPS) is 17.0. The lowest BCUT2D eigenvalue weighted by atomic mass is 9.80. The van der Waals surface area contributed by atoms with Crippen LogP contribution in [0.5, 0.6) is 0 Å². The first-order chi connectivity index (χ1) is 10.2. The van der Waals surface area contributed by atoms with Crippen LogP contribution in [0.4, 0.5) is 0 Å². The first kappa shape index (κ1) is 15.5. The van der Waals surface area contributed by atoms with Crippen LogP contribution in [-0.4, -0.2) is 19.0 Å². The molecule has 0 radical (unpaired) electrons. The smallest absolute Gasteiger partial charge is 0.320 e. The number of carbonyl (C=O) groups is 2. The Balaban J connectivity index is 1.98. The molecule has 1 aliphatic rings. The van der Waals surface area contributed by atoms with Crippen molar-refractivity contribution in [1.82, 2.24) is 0 Å². The number of benzene rings is 1. The van der Waals surface area contributed by atoms with E-state index in [1.165, 1.54) is 13.5 Å². The van der Waals surface area contributed by atoms with E-state index in [1.807, 2.05) is 30.3 Å². The minimum atomic E-state index is -0.779. The molecule has 1 fully saturated rings. The summed E-state index contributed by atoms with van der Waals surface area (Å²) in [5, 5.41) is 0. The summed E-state index contributed by atoms with van der Waals surface area (Å²) >= 11 is 0. The lowest BCUT2D eigenvalue weighted by molar-refractivity contribution is -0.164. The third-order valence-corrected chi connectivity index (χ3v) is 4.05. The van der Waals surface area contributed by atoms with E-state index in [9.17, 15) is 9.59 Å². The van der Waals surface area contributed by atoms with Gasteiger partial charge in [-0.05, 0) is 24.3 Å². The van der Waals surface area contributed by atoms with Gasteiger partial charge in [0.1, 0.15) is 6.61 Å². The summed E-state index contributed by atoms with van der Waals surface area (Å²) < 4.78 is 10.1. The quantitative estimate of drug-likeness (QED) is 0.617. The molecule has 0 saturated heterocycles. The molecule has 4 heteroatoms. The zero-order valence-electron chi connectivity index (χ0n) is 12.4. The molecule has 0 aliphatic heterocycles. The van der Waals surface area contributed by atoms with Crippen molar-refractivity contribution in [3.63, 3.8) is 0 Å². The largest absolute Gasteiger partial charge is 0.468 e. The summed E-state index contributed by atoms with van der Waals surface area (Å²) in [5.41, 5.74) is 0.915. The molecule has 2 rings (SSSR count). The maximum atomic E-state index is 12.3. The molecule has 0 N–H and O–H groups in total. The van der Waals surface area contributed by atoms with Crippen LogP contribution >= 0.6 is 0 Å². The third kappa shape index (κ3) is 4.31. The van der Waals surface area contributed by atoms with Gasteiger partial charge in [-0.2, -0.15) is 0 Å². The molecule has 1 aliphatic carbocycles. The van der Waals surface area contributed by atoms with E-state index >= 15 is 0 Å². The highest BCUT2D eigenvalue weighted by Crippen LogP contribution is 2.31. The van der Waals surface area contributed by atoms with Crippen molar-refractivity contribution in [3.8, 4) is 0 Å². The number of methoxy groups -OCH3 is 1. The predicted molar refractivity (Wildman–Crippen MR) is 78.3 cm³/mol. The molecule has 4 nitrogen and oxygen atoms in total. The molecular weight excluding hydrogens is 268 g/mol. The van der Waals surface area contributed by atoms with Crippen molar-refractivity contribution in [3.05, 3.63) is 35.9 Å². The molecule has 0 aromatic heterocycles. The van der Waals surface area contributed by atoms with Crippen molar-refractivity contribution in [2.75, 3.05) is 7.11 Å². The van der Waals surface area contributed by atoms with Crippen LogP contribution in [0.25, 0.3) is 0 Å². The van der Waals surface area contributed by atoms with Gasteiger partial charge in [-0.3, -0.25) is 9.59 Å². The molecule has 1 aromatic rings. The molecule has 1 aromatic carbocycles.